The normalized spacial score (nSPS) is 11.2. The molecule has 160 valence electrons. The molecule has 1 aromatic carbocycles. The van der Waals surface area contributed by atoms with Crippen LogP contribution in [0.5, 0.6) is 0 Å². The Morgan fingerprint density at radius 2 is 1.76 bits per heavy atom. The molecule has 1 rings (SSSR count). The quantitative estimate of drug-likeness (QED) is 0.334. The molecule has 0 saturated carbocycles. The van der Waals surface area contributed by atoms with Gasteiger partial charge >= 0.3 is 12.1 Å². The fourth-order valence-corrected chi connectivity index (χ4v) is 2.43. The highest BCUT2D eigenvalue weighted by Gasteiger charge is 2.22. The predicted octanol–water partition coefficient (Wildman–Crippen LogP) is 1.40. The van der Waals surface area contributed by atoms with E-state index in [1.54, 1.807) is 6.92 Å². The zero-order valence-electron chi connectivity index (χ0n) is 16.6. The summed E-state index contributed by atoms with van der Waals surface area (Å²) in [6.45, 7) is 2.47. The van der Waals surface area contributed by atoms with Crippen LogP contribution < -0.4 is 16.4 Å². The van der Waals surface area contributed by atoms with E-state index in [1.807, 2.05) is 30.3 Å². The molecule has 1 aromatic rings. The maximum atomic E-state index is 11.9. The summed E-state index contributed by atoms with van der Waals surface area (Å²) >= 11 is 0. The lowest BCUT2D eigenvalue weighted by atomic mass is 10.1. The molecule has 3 amide bonds. The fourth-order valence-electron chi connectivity index (χ4n) is 2.43. The summed E-state index contributed by atoms with van der Waals surface area (Å²) in [5, 5.41) is 5.09. The number of unbranched alkanes of at least 4 members (excludes halogenated alkanes) is 2. The number of hydrogen-bond donors (Lipinski definition) is 3. The van der Waals surface area contributed by atoms with Crippen LogP contribution in [0.2, 0.25) is 0 Å². The maximum absolute atomic E-state index is 11.9. The molecule has 1 atom stereocenters. The molecule has 0 radical (unpaired) electrons. The number of benzene rings is 1. The van der Waals surface area contributed by atoms with E-state index in [2.05, 4.69) is 10.6 Å². The molecule has 0 aliphatic carbocycles. The summed E-state index contributed by atoms with van der Waals surface area (Å²) in [5.74, 6) is -1.75. The van der Waals surface area contributed by atoms with E-state index in [4.69, 9.17) is 15.2 Å². The molecule has 29 heavy (non-hydrogen) atoms. The summed E-state index contributed by atoms with van der Waals surface area (Å²) < 4.78 is 9.84. The zero-order chi connectivity index (χ0) is 21.5. The Bertz CT molecular complexity index is 665. The van der Waals surface area contributed by atoms with Crippen molar-refractivity contribution in [3.63, 3.8) is 0 Å². The Labute approximate surface area is 170 Å². The van der Waals surface area contributed by atoms with Crippen LogP contribution in [0.1, 0.15) is 44.6 Å². The lowest BCUT2D eigenvalue weighted by molar-refractivity contribution is -0.145. The summed E-state index contributed by atoms with van der Waals surface area (Å²) in [7, 11) is 0. The van der Waals surface area contributed by atoms with Gasteiger partial charge in [0, 0.05) is 13.0 Å². The highest BCUT2D eigenvalue weighted by Crippen LogP contribution is 2.03. The average Bonchev–Trinajstić information content (AvgIpc) is 2.69. The van der Waals surface area contributed by atoms with Crippen LogP contribution >= 0.6 is 0 Å². The van der Waals surface area contributed by atoms with Gasteiger partial charge in [-0.25, -0.2) is 4.79 Å². The number of carbonyl (C=O) groups excluding carboxylic acids is 4. The second kappa shape index (κ2) is 14.0. The number of carbonyl (C=O) groups is 4. The molecule has 0 spiro atoms. The number of nitrogens with one attached hydrogen (secondary N) is 2. The highest BCUT2D eigenvalue weighted by molar-refractivity contribution is 5.89. The average molecular weight is 407 g/mol. The molecule has 9 heteroatoms. The monoisotopic (exact) mass is 407 g/mol. The van der Waals surface area contributed by atoms with E-state index in [0.717, 1.165) is 5.56 Å². The van der Waals surface area contributed by atoms with Gasteiger partial charge in [-0.2, -0.15) is 0 Å². The van der Waals surface area contributed by atoms with E-state index >= 15 is 0 Å². The topological polar surface area (TPSA) is 137 Å². The first-order valence-corrected chi connectivity index (χ1v) is 9.61. The van der Waals surface area contributed by atoms with Crippen molar-refractivity contribution in [3.8, 4) is 0 Å². The standard InChI is InChI=1S/C20H29N3O6/c1-2-28-18(25)13-16(19(21)26)23-17(24)11-7-4-8-12-22-20(27)29-14-15-9-5-3-6-10-15/h3,5-6,9-10,16H,2,4,7-8,11-14H2,1H3,(H2,21,26)(H,22,27)(H,23,24)/t16-/m1/s1. The van der Waals surface area contributed by atoms with Crippen LogP contribution in [0.15, 0.2) is 30.3 Å². The minimum atomic E-state index is -1.08. The smallest absolute Gasteiger partial charge is 0.407 e. The summed E-state index contributed by atoms with van der Waals surface area (Å²) in [4.78, 5) is 46.3. The molecule has 0 aromatic heterocycles. The van der Waals surface area contributed by atoms with Crippen LogP contribution in [-0.2, 0) is 30.5 Å². The van der Waals surface area contributed by atoms with Crippen molar-refractivity contribution in [2.24, 2.45) is 5.73 Å². The molecule has 0 aliphatic rings. The van der Waals surface area contributed by atoms with Crippen molar-refractivity contribution in [1.29, 1.82) is 0 Å². The third-order valence-electron chi connectivity index (χ3n) is 3.92. The third-order valence-corrected chi connectivity index (χ3v) is 3.92. The molecule has 0 unspecified atom stereocenters. The van der Waals surface area contributed by atoms with Gasteiger partial charge in [-0.3, -0.25) is 14.4 Å². The number of alkyl carbamates (subject to hydrolysis) is 1. The van der Waals surface area contributed by atoms with Crippen LogP contribution in [0, 0.1) is 0 Å². The first-order chi connectivity index (χ1) is 13.9. The van der Waals surface area contributed by atoms with Gasteiger partial charge in [0.05, 0.1) is 13.0 Å². The molecule has 0 heterocycles. The van der Waals surface area contributed by atoms with E-state index in [0.29, 0.717) is 25.8 Å². The van der Waals surface area contributed by atoms with E-state index < -0.39 is 24.0 Å². The van der Waals surface area contributed by atoms with Gasteiger partial charge in [0.25, 0.3) is 0 Å². The zero-order valence-corrected chi connectivity index (χ0v) is 16.6. The van der Waals surface area contributed by atoms with Crippen LogP contribution in [-0.4, -0.2) is 43.1 Å². The van der Waals surface area contributed by atoms with Gasteiger partial charge in [0.15, 0.2) is 0 Å². The van der Waals surface area contributed by atoms with Gasteiger partial charge in [0.2, 0.25) is 11.8 Å². The Hall–Kier alpha value is -3.10. The minimum absolute atomic E-state index is 0.186. The van der Waals surface area contributed by atoms with Crippen molar-refractivity contribution < 1.29 is 28.7 Å². The fraction of sp³-hybridized carbons (Fsp3) is 0.500. The Kier molecular flexibility index (Phi) is 11.5. The molecule has 0 aliphatic heterocycles. The van der Waals surface area contributed by atoms with Gasteiger partial charge in [-0.05, 0) is 25.3 Å². The van der Waals surface area contributed by atoms with Gasteiger partial charge in [0.1, 0.15) is 12.6 Å². The Morgan fingerprint density at radius 3 is 2.41 bits per heavy atom. The van der Waals surface area contributed by atoms with Gasteiger partial charge in [-0.1, -0.05) is 36.8 Å². The van der Waals surface area contributed by atoms with Crippen molar-refractivity contribution >= 4 is 23.9 Å². The molecular weight excluding hydrogens is 378 g/mol. The van der Waals surface area contributed by atoms with Crippen molar-refractivity contribution in [2.45, 2.75) is 51.7 Å². The summed E-state index contributed by atoms with van der Waals surface area (Å²) in [5.41, 5.74) is 6.11. The maximum Gasteiger partial charge on any atom is 0.407 e. The SMILES string of the molecule is CCOC(=O)C[C@@H](NC(=O)CCCCCNC(=O)OCc1ccccc1)C(N)=O. The largest absolute Gasteiger partial charge is 0.466 e. The number of ether oxygens (including phenoxy) is 2. The van der Waals surface area contributed by atoms with Gasteiger partial charge < -0.3 is 25.8 Å². The number of hydrogen-bond acceptors (Lipinski definition) is 6. The molecule has 0 saturated heterocycles. The predicted molar refractivity (Wildman–Crippen MR) is 105 cm³/mol. The first kappa shape index (κ1) is 23.9. The Morgan fingerprint density at radius 1 is 1.03 bits per heavy atom. The molecular formula is C20H29N3O6. The molecule has 4 N–H and O–H groups in total. The summed E-state index contributed by atoms with van der Waals surface area (Å²) in [6.07, 6.45) is 1.35. The van der Waals surface area contributed by atoms with E-state index in [9.17, 15) is 19.2 Å². The lowest BCUT2D eigenvalue weighted by Gasteiger charge is -2.14. The second-order valence-electron chi connectivity index (χ2n) is 6.33. The number of amides is 3. The number of esters is 1. The number of rotatable bonds is 13. The number of primary amides is 1. The van der Waals surface area contributed by atoms with Crippen molar-refractivity contribution in [1.82, 2.24) is 10.6 Å². The number of nitrogens with two attached hydrogens (primary N) is 1. The molecule has 0 bridgehead atoms. The van der Waals surface area contributed by atoms with Crippen molar-refractivity contribution in [3.05, 3.63) is 35.9 Å². The third kappa shape index (κ3) is 11.4. The van der Waals surface area contributed by atoms with Crippen LogP contribution in [0.25, 0.3) is 0 Å². The molecule has 9 nitrogen and oxygen atoms in total. The van der Waals surface area contributed by atoms with E-state index in [-0.39, 0.29) is 32.0 Å². The van der Waals surface area contributed by atoms with E-state index in [1.165, 1.54) is 0 Å². The van der Waals surface area contributed by atoms with Crippen LogP contribution in [0.3, 0.4) is 0 Å². The lowest BCUT2D eigenvalue weighted by Crippen LogP contribution is -2.45. The Balaban J connectivity index is 2.12. The second-order valence-corrected chi connectivity index (χ2v) is 6.33. The molecule has 0 fully saturated rings. The summed E-state index contributed by atoms with van der Waals surface area (Å²) in [6, 6.07) is 8.28. The van der Waals surface area contributed by atoms with Gasteiger partial charge in [-0.15, -0.1) is 0 Å². The highest BCUT2D eigenvalue weighted by atomic mass is 16.5. The minimum Gasteiger partial charge on any atom is -0.466 e. The first-order valence-electron chi connectivity index (χ1n) is 9.61. The van der Waals surface area contributed by atoms with Crippen molar-refractivity contribution in [2.75, 3.05) is 13.2 Å². The van der Waals surface area contributed by atoms with Crippen LogP contribution in [0.4, 0.5) is 4.79 Å².